The van der Waals surface area contributed by atoms with Gasteiger partial charge in [-0.05, 0) is 39.9 Å². The van der Waals surface area contributed by atoms with Gasteiger partial charge in [0.2, 0.25) is 0 Å². The number of fused-ring (bicyclic) bond motifs is 3. The molecule has 0 atom stereocenters. The summed E-state index contributed by atoms with van der Waals surface area (Å²) in [6.07, 6.45) is -0.519. The molecule has 0 aromatic heterocycles. The van der Waals surface area contributed by atoms with Gasteiger partial charge in [0.05, 0.1) is 6.42 Å². The van der Waals surface area contributed by atoms with Crippen molar-refractivity contribution in [2.75, 3.05) is 13.2 Å². The molecule has 6 heteroatoms. The minimum atomic E-state index is -1.09. The lowest BCUT2D eigenvalue weighted by atomic mass is 9.98. The molecule has 1 aliphatic rings. The molecule has 0 radical (unpaired) electrons. The summed E-state index contributed by atoms with van der Waals surface area (Å²) in [5.74, 6) is 3.99. The van der Waals surface area contributed by atoms with Gasteiger partial charge in [-0.2, -0.15) is 0 Å². The van der Waals surface area contributed by atoms with E-state index in [1.54, 1.807) is 6.07 Å². The van der Waals surface area contributed by atoms with E-state index in [2.05, 4.69) is 41.4 Å². The number of carbonyl (C=O) groups excluding carboxylic acids is 1. The van der Waals surface area contributed by atoms with E-state index in [0.717, 1.165) is 11.1 Å². The van der Waals surface area contributed by atoms with Gasteiger partial charge >= 0.3 is 12.1 Å². The van der Waals surface area contributed by atoms with Crippen LogP contribution in [-0.2, 0) is 16.0 Å². The molecule has 2 N–H and O–H groups in total. The molecule has 1 amide bonds. The van der Waals surface area contributed by atoms with Crippen molar-refractivity contribution in [1.29, 1.82) is 0 Å². The van der Waals surface area contributed by atoms with Crippen molar-refractivity contribution in [3.8, 4) is 23.0 Å². The smallest absolute Gasteiger partial charge is 0.407 e. The van der Waals surface area contributed by atoms with Crippen LogP contribution in [0.25, 0.3) is 11.1 Å². The van der Waals surface area contributed by atoms with Crippen LogP contribution in [0.5, 0.6) is 0 Å². The van der Waals surface area contributed by atoms with Gasteiger partial charge < -0.3 is 15.2 Å². The number of nitrogens with one attached hydrogen (secondary N) is 1. The molecule has 3 aromatic rings. The van der Waals surface area contributed by atoms with Gasteiger partial charge in [0.25, 0.3) is 0 Å². The maximum Gasteiger partial charge on any atom is 0.407 e. The minimum absolute atomic E-state index is 0.00179. The molecule has 0 unspecified atom stereocenters. The number of amides is 1. The molecule has 0 spiro atoms. The molecule has 0 aliphatic heterocycles. The van der Waals surface area contributed by atoms with Crippen LogP contribution in [0.4, 0.5) is 9.18 Å². The predicted octanol–water partition coefficient (Wildman–Crippen LogP) is 4.73. The fourth-order valence-electron chi connectivity index (χ4n) is 3.97. The van der Waals surface area contributed by atoms with E-state index >= 15 is 0 Å². The highest BCUT2D eigenvalue weighted by molar-refractivity contribution is 5.79. The maximum absolute atomic E-state index is 13.9. The Kier molecular flexibility index (Phi) is 6.70. The zero-order valence-corrected chi connectivity index (χ0v) is 17.8. The molecule has 33 heavy (non-hydrogen) atoms. The largest absolute Gasteiger partial charge is 0.481 e. The Morgan fingerprint density at radius 3 is 2.30 bits per heavy atom. The molecule has 4 rings (SSSR count). The molecule has 3 aromatic carbocycles. The Hall–Kier alpha value is -4.11. The predicted molar refractivity (Wildman–Crippen MR) is 122 cm³/mol. The molecule has 166 valence electrons. The summed E-state index contributed by atoms with van der Waals surface area (Å²) in [6, 6.07) is 20.5. The van der Waals surface area contributed by atoms with Crippen molar-refractivity contribution >= 4 is 12.1 Å². The van der Waals surface area contributed by atoms with Crippen LogP contribution in [0, 0.1) is 17.7 Å². The topological polar surface area (TPSA) is 75.6 Å². The fourth-order valence-corrected chi connectivity index (χ4v) is 3.97. The highest BCUT2D eigenvalue weighted by atomic mass is 19.1. The number of ether oxygens (including phenoxy) is 1. The lowest BCUT2D eigenvalue weighted by Crippen LogP contribution is -2.26. The van der Waals surface area contributed by atoms with Crippen LogP contribution >= 0.6 is 0 Å². The summed E-state index contributed by atoms with van der Waals surface area (Å²) in [4.78, 5) is 22.8. The maximum atomic E-state index is 13.9. The number of carboxylic acid groups (broad SMARTS) is 1. The lowest BCUT2D eigenvalue weighted by molar-refractivity contribution is -0.136. The molecule has 0 heterocycles. The van der Waals surface area contributed by atoms with E-state index in [1.165, 1.54) is 23.3 Å². The van der Waals surface area contributed by atoms with Crippen molar-refractivity contribution in [2.45, 2.75) is 18.8 Å². The summed E-state index contributed by atoms with van der Waals surface area (Å²) in [6.45, 7) is 0.538. The van der Waals surface area contributed by atoms with Crippen molar-refractivity contribution in [3.05, 3.63) is 94.8 Å². The van der Waals surface area contributed by atoms with Crippen LogP contribution in [0.15, 0.2) is 66.7 Å². The summed E-state index contributed by atoms with van der Waals surface area (Å²) >= 11 is 0. The van der Waals surface area contributed by atoms with Gasteiger partial charge in [-0.1, -0.05) is 66.4 Å². The number of carboxylic acids is 1. The lowest BCUT2D eigenvalue weighted by Gasteiger charge is -2.14. The summed E-state index contributed by atoms with van der Waals surface area (Å²) in [5, 5.41) is 11.4. The van der Waals surface area contributed by atoms with Gasteiger partial charge in [-0.3, -0.25) is 4.79 Å². The first-order valence-electron chi connectivity index (χ1n) is 10.6. The van der Waals surface area contributed by atoms with Crippen molar-refractivity contribution in [3.63, 3.8) is 0 Å². The zero-order valence-electron chi connectivity index (χ0n) is 17.8. The monoisotopic (exact) mass is 443 g/mol. The fraction of sp³-hybridized carbons (Fsp3) is 0.185. The Balaban J connectivity index is 1.26. The molecule has 0 fully saturated rings. The van der Waals surface area contributed by atoms with Crippen LogP contribution in [0.2, 0.25) is 0 Å². The number of hydrogen-bond acceptors (Lipinski definition) is 3. The van der Waals surface area contributed by atoms with Crippen molar-refractivity contribution in [1.82, 2.24) is 5.32 Å². The number of alkyl carbamates (subject to hydrolysis) is 1. The molecular weight excluding hydrogens is 421 g/mol. The summed E-state index contributed by atoms with van der Waals surface area (Å²) in [5.41, 5.74) is 5.21. The third-order valence-electron chi connectivity index (χ3n) is 5.49. The van der Waals surface area contributed by atoms with Gasteiger partial charge in [0, 0.05) is 24.4 Å². The first kappa shape index (κ1) is 22.1. The second-order valence-electron chi connectivity index (χ2n) is 7.68. The quantitative estimate of drug-likeness (QED) is 0.427. The van der Waals surface area contributed by atoms with Gasteiger partial charge in [-0.25, -0.2) is 9.18 Å². The van der Waals surface area contributed by atoms with Gasteiger partial charge in [0.15, 0.2) is 0 Å². The summed E-state index contributed by atoms with van der Waals surface area (Å²) < 4.78 is 19.4. The second-order valence-corrected chi connectivity index (χ2v) is 7.68. The number of rotatable bonds is 6. The molecule has 1 aliphatic carbocycles. The Morgan fingerprint density at radius 1 is 1.00 bits per heavy atom. The van der Waals surface area contributed by atoms with Crippen LogP contribution in [0.3, 0.4) is 0 Å². The first-order valence-corrected chi connectivity index (χ1v) is 10.6. The highest BCUT2D eigenvalue weighted by Crippen LogP contribution is 2.44. The summed E-state index contributed by atoms with van der Waals surface area (Å²) in [7, 11) is 0. The van der Waals surface area contributed by atoms with Gasteiger partial charge in [0.1, 0.15) is 12.4 Å². The third-order valence-corrected chi connectivity index (χ3v) is 5.49. The van der Waals surface area contributed by atoms with Crippen molar-refractivity contribution in [2.24, 2.45) is 0 Å². The zero-order chi connectivity index (χ0) is 23.2. The molecule has 0 bridgehead atoms. The third kappa shape index (κ3) is 5.21. The second kappa shape index (κ2) is 10.0. The SMILES string of the molecule is O=C(O)Cc1ccc(C#CCCNC(=O)OCC2c3ccccc3-c3ccccc32)cc1F. The molecular formula is C27H22FNO4. The van der Waals surface area contributed by atoms with E-state index in [4.69, 9.17) is 9.84 Å². The number of aliphatic carboxylic acids is 1. The number of benzene rings is 3. The van der Waals surface area contributed by atoms with E-state index in [-0.39, 0.29) is 24.5 Å². The molecule has 5 nitrogen and oxygen atoms in total. The average molecular weight is 443 g/mol. The Labute approximate surface area is 191 Å². The number of halogens is 1. The highest BCUT2D eigenvalue weighted by Gasteiger charge is 2.28. The van der Waals surface area contributed by atoms with Crippen LogP contribution in [0.1, 0.15) is 34.6 Å². The standard InChI is InChI=1S/C27H22FNO4/c28-25-15-18(12-13-19(25)16-26(30)31)7-5-6-14-29-27(32)33-17-24-22-10-3-1-8-20(22)21-9-2-4-11-23(21)24/h1-4,8-13,15,24H,6,14,16-17H2,(H,29,32)(H,30,31). The van der Waals surface area contributed by atoms with Gasteiger partial charge in [-0.15, -0.1) is 0 Å². The van der Waals surface area contributed by atoms with E-state index < -0.39 is 17.9 Å². The Bertz CT molecular complexity index is 1210. The van der Waals surface area contributed by atoms with Crippen LogP contribution in [-0.4, -0.2) is 30.3 Å². The van der Waals surface area contributed by atoms with Crippen molar-refractivity contribution < 1.29 is 23.8 Å². The van der Waals surface area contributed by atoms with E-state index in [1.807, 2.05) is 24.3 Å². The number of carbonyl (C=O) groups is 2. The van der Waals surface area contributed by atoms with Crippen LogP contribution < -0.4 is 5.32 Å². The molecule has 0 saturated carbocycles. The van der Waals surface area contributed by atoms with E-state index in [0.29, 0.717) is 18.5 Å². The van der Waals surface area contributed by atoms with E-state index in [9.17, 15) is 14.0 Å². The average Bonchev–Trinajstić information content (AvgIpc) is 3.13. The Morgan fingerprint density at radius 2 is 1.67 bits per heavy atom. The molecule has 0 saturated heterocycles. The number of hydrogen-bond donors (Lipinski definition) is 2. The minimum Gasteiger partial charge on any atom is -0.481 e. The first-order chi connectivity index (χ1) is 16.0. The normalized spacial score (nSPS) is 11.7.